The molecule has 1 saturated carbocycles. The Morgan fingerprint density at radius 3 is 2.15 bits per heavy atom. The first-order valence-corrected chi connectivity index (χ1v) is 5.99. The van der Waals surface area contributed by atoms with Crippen LogP contribution in [-0.2, 0) is 9.59 Å². The quantitative estimate of drug-likeness (QED) is 0.783. The lowest BCUT2D eigenvalue weighted by atomic mass is 9.83. The van der Waals surface area contributed by atoms with Gasteiger partial charge in [0, 0.05) is 12.8 Å². The third kappa shape index (κ3) is 4.93. The van der Waals surface area contributed by atoms with Gasteiger partial charge in [-0.15, -0.1) is 0 Å². The minimum atomic E-state index is -5.17. The lowest BCUT2D eigenvalue weighted by Gasteiger charge is -2.29. The van der Waals surface area contributed by atoms with Crippen LogP contribution in [0.2, 0.25) is 0 Å². The molecule has 0 spiro atoms. The van der Waals surface area contributed by atoms with Crippen LogP contribution in [0.1, 0.15) is 32.1 Å². The number of nitrogens with one attached hydrogen (secondary N) is 1. The number of hydrogen-bond acceptors (Lipinski definition) is 2. The SMILES string of the molecule is O=C(O)[C@H](CC1CCC(F)(F)CC1)NC(=O)C(F)(F)F. The fourth-order valence-electron chi connectivity index (χ4n) is 2.13. The molecular weight excluding hydrogens is 289 g/mol. The Morgan fingerprint density at radius 1 is 1.25 bits per heavy atom. The number of amides is 1. The Hall–Kier alpha value is -1.41. The second kappa shape index (κ2) is 5.92. The monoisotopic (exact) mass is 303 g/mol. The van der Waals surface area contributed by atoms with Gasteiger partial charge in [-0.25, -0.2) is 13.6 Å². The largest absolute Gasteiger partial charge is 0.480 e. The van der Waals surface area contributed by atoms with Crippen LogP contribution in [0.3, 0.4) is 0 Å². The predicted octanol–water partition coefficient (Wildman–Crippen LogP) is 2.33. The molecule has 0 radical (unpaired) electrons. The molecule has 0 heterocycles. The lowest BCUT2D eigenvalue weighted by molar-refractivity contribution is -0.175. The molecule has 2 N–H and O–H groups in total. The third-order valence-corrected chi connectivity index (χ3v) is 3.27. The summed E-state index contributed by atoms with van der Waals surface area (Å²) in [6.45, 7) is 0. The normalized spacial score (nSPS) is 21.2. The Kier molecular flexibility index (Phi) is 4.93. The molecule has 1 fully saturated rings. The summed E-state index contributed by atoms with van der Waals surface area (Å²) >= 11 is 0. The molecule has 1 rings (SSSR count). The Bertz CT molecular complexity index is 373. The van der Waals surface area contributed by atoms with Crippen molar-refractivity contribution in [3.05, 3.63) is 0 Å². The van der Waals surface area contributed by atoms with E-state index < -0.39 is 48.8 Å². The summed E-state index contributed by atoms with van der Waals surface area (Å²) in [6.07, 6.45) is -6.24. The van der Waals surface area contributed by atoms with E-state index in [0.29, 0.717) is 0 Å². The molecule has 0 unspecified atom stereocenters. The van der Waals surface area contributed by atoms with Gasteiger partial charge in [0.1, 0.15) is 6.04 Å². The van der Waals surface area contributed by atoms with E-state index in [2.05, 4.69) is 0 Å². The second-order valence-electron chi connectivity index (χ2n) is 4.90. The Labute approximate surface area is 111 Å². The van der Waals surface area contributed by atoms with Crippen LogP contribution in [0.4, 0.5) is 22.0 Å². The highest BCUT2D eigenvalue weighted by Gasteiger charge is 2.42. The summed E-state index contributed by atoms with van der Waals surface area (Å²) in [7, 11) is 0. The van der Waals surface area contributed by atoms with Crippen LogP contribution >= 0.6 is 0 Å². The zero-order chi connectivity index (χ0) is 15.6. The van der Waals surface area contributed by atoms with E-state index in [4.69, 9.17) is 5.11 Å². The molecule has 20 heavy (non-hydrogen) atoms. The summed E-state index contributed by atoms with van der Waals surface area (Å²) in [6, 6.07) is -1.72. The van der Waals surface area contributed by atoms with Gasteiger partial charge < -0.3 is 10.4 Å². The molecule has 4 nitrogen and oxygen atoms in total. The molecule has 116 valence electrons. The molecule has 1 aliphatic rings. The van der Waals surface area contributed by atoms with E-state index in [9.17, 15) is 31.5 Å². The average molecular weight is 303 g/mol. The minimum absolute atomic E-state index is 0.0265. The fourth-order valence-corrected chi connectivity index (χ4v) is 2.13. The number of aliphatic carboxylic acids is 1. The van der Waals surface area contributed by atoms with Crippen molar-refractivity contribution >= 4 is 11.9 Å². The van der Waals surface area contributed by atoms with Gasteiger partial charge in [0.05, 0.1) is 0 Å². The first-order chi connectivity index (χ1) is 9.01. The smallest absolute Gasteiger partial charge is 0.471 e. The summed E-state index contributed by atoms with van der Waals surface area (Å²) in [5, 5.41) is 10.2. The molecule has 1 amide bonds. The van der Waals surface area contributed by atoms with Crippen LogP contribution < -0.4 is 5.32 Å². The zero-order valence-corrected chi connectivity index (χ0v) is 10.3. The van der Waals surface area contributed by atoms with Crippen LogP contribution in [0.25, 0.3) is 0 Å². The summed E-state index contributed by atoms with van der Waals surface area (Å²) in [5.74, 6) is -7.19. The van der Waals surface area contributed by atoms with Crippen molar-refractivity contribution in [2.45, 2.75) is 50.2 Å². The maximum absolute atomic E-state index is 12.9. The number of halogens is 5. The highest BCUT2D eigenvalue weighted by molar-refractivity contribution is 5.86. The number of carboxylic acids is 1. The van der Waals surface area contributed by atoms with E-state index in [1.165, 1.54) is 5.32 Å². The number of alkyl halides is 5. The van der Waals surface area contributed by atoms with Crippen molar-refractivity contribution in [2.24, 2.45) is 5.92 Å². The van der Waals surface area contributed by atoms with Crippen LogP contribution in [0.15, 0.2) is 0 Å². The predicted molar refractivity (Wildman–Crippen MR) is 57.1 cm³/mol. The fraction of sp³-hybridized carbons (Fsp3) is 0.818. The summed E-state index contributed by atoms with van der Waals surface area (Å²) < 4.78 is 62.0. The lowest BCUT2D eigenvalue weighted by Crippen LogP contribution is -2.48. The van der Waals surface area contributed by atoms with Crippen molar-refractivity contribution in [1.29, 1.82) is 0 Å². The van der Waals surface area contributed by atoms with Crippen LogP contribution in [0, 0.1) is 5.92 Å². The van der Waals surface area contributed by atoms with Crippen molar-refractivity contribution in [3.63, 3.8) is 0 Å². The molecular formula is C11H14F5NO3. The number of carboxylic acid groups (broad SMARTS) is 1. The molecule has 9 heteroatoms. The van der Waals surface area contributed by atoms with E-state index in [1.807, 2.05) is 0 Å². The van der Waals surface area contributed by atoms with Crippen molar-refractivity contribution in [3.8, 4) is 0 Å². The molecule has 0 bridgehead atoms. The van der Waals surface area contributed by atoms with Gasteiger partial charge in [-0.2, -0.15) is 13.2 Å². The van der Waals surface area contributed by atoms with E-state index in [-0.39, 0.29) is 19.3 Å². The van der Waals surface area contributed by atoms with E-state index in [1.54, 1.807) is 0 Å². The molecule has 0 aromatic rings. The van der Waals surface area contributed by atoms with Gasteiger partial charge in [0.15, 0.2) is 0 Å². The van der Waals surface area contributed by atoms with Crippen molar-refractivity contribution in [2.75, 3.05) is 0 Å². The van der Waals surface area contributed by atoms with Gasteiger partial charge >= 0.3 is 18.1 Å². The molecule has 0 aromatic heterocycles. The number of rotatable bonds is 4. The van der Waals surface area contributed by atoms with Gasteiger partial charge in [-0.3, -0.25) is 4.79 Å². The molecule has 1 atom stereocenters. The standard InChI is InChI=1S/C11H14F5NO3/c12-10(13)3-1-6(2-4-10)5-7(8(18)19)17-9(20)11(14,15)16/h6-7H,1-5H2,(H,17,20)(H,18,19)/t7-/m0/s1. The molecule has 0 saturated heterocycles. The molecule has 0 aromatic carbocycles. The van der Waals surface area contributed by atoms with Crippen LogP contribution in [-0.4, -0.2) is 35.1 Å². The summed E-state index contributed by atoms with van der Waals surface area (Å²) in [4.78, 5) is 21.5. The minimum Gasteiger partial charge on any atom is -0.480 e. The number of carbonyl (C=O) groups is 2. The van der Waals surface area contributed by atoms with E-state index in [0.717, 1.165) is 0 Å². The second-order valence-corrected chi connectivity index (χ2v) is 4.90. The first kappa shape index (κ1) is 16.6. The Balaban J connectivity index is 2.57. The van der Waals surface area contributed by atoms with Gasteiger partial charge in [-0.1, -0.05) is 0 Å². The van der Waals surface area contributed by atoms with Crippen molar-refractivity contribution in [1.82, 2.24) is 5.32 Å². The van der Waals surface area contributed by atoms with E-state index >= 15 is 0 Å². The van der Waals surface area contributed by atoms with Gasteiger partial charge in [-0.05, 0) is 25.2 Å². The number of hydrogen-bond donors (Lipinski definition) is 2. The first-order valence-electron chi connectivity index (χ1n) is 5.99. The van der Waals surface area contributed by atoms with Gasteiger partial charge in [0.2, 0.25) is 5.92 Å². The number of carbonyl (C=O) groups excluding carboxylic acids is 1. The zero-order valence-electron chi connectivity index (χ0n) is 10.3. The van der Waals surface area contributed by atoms with Gasteiger partial charge in [0.25, 0.3) is 0 Å². The van der Waals surface area contributed by atoms with Crippen LogP contribution in [0.5, 0.6) is 0 Å². The highest BCUT2D eigenvalue weighted by Crippen LogP contribution is 2.37. The highest BCUT2D eigenvalue weighted by atomic mass is 19.4. The molecule has 1 aliphatic carbocycles. The maximum Gasteiger partial charge on any atom is 0.471 e. The Morgan fingerprint density at radius 2 is 1.75 bits per heavy atom. The summed E-state index contributed by atoms with van der Waals surface area (Å²) in [5.41, 5.74) is 0. The third-order valence-electron chi connectivity index (χ3n) is 3.27. The van der Waals surface area contributed by atoms with Crippen molar-refractivity contribution < 1.29 is 36.6 Å². The molecule has 0 aliphatic heterocycles. The average Bonchev–Trinajstić information content (AvgIpc) is 2.29. The maximum atomic E-state index is 12.9. The topological polar surface area (TPSA) is 66.4 Å².